The zero-order valence-electron chi connectivity index (χ0n) is 8.42. The van der Waals surface area contributed by atoms with E-state index >= 15 is 0 Å². The monoisotopic (exact) mass is 267 g/mol. The Hall–Kier alpha value is -1.68. The van der Waals surface area contributed by atoms with Crippen molar-refractivity contribution in [2.45, 2.75) is 18.2 Å². The van der Waals surface area contributed by atoms with E-state index in [0.29, 0.717) is 0 Å². The van der Waals surface area contributed by atoms with Gasteiger partial charge in [0.1, 0.15) is 0 Å². The smallest absolute Gasteiger partial charge is 0.358 e. The van der Waals surface area contributed by atoms with E-state index in [1.807, 2.05) is 0 Å². The maximum Gasteiger partial charge on any atom is 0.384 e. The van der Waals surface area contributed by atoms with E-state index < -0.39 is 37.6 Å². The molecule has 0 aliphatic heterocycles. The van der Waals surface area contributed by atoms with Crippen LogP contribution in [0.5, 0.6) is 0 Å². The molecule has 0 saturated heterocycles. The first kappa shape index (κ1) is 13.4. The first-order valence-corrected chi connectivity index (χ1v) is 5.66. The summed E-state index contributed by atoms with van der Waals surface area (Å²) in [4.78, 5) is 11.4. The predicted molar refractivity (Wildman–Crippen MR) is 52.0 cm³/mol. The maximum atomic E-state index is 12.6. The molecule has 94 valence electrons. The van der Waals surface area contributed by atoms with Crippen LogP contribution in [0.3, 0.4) is 0 Å². The lowest BCUT2D eigenvalue weighted by atomic mass is 10.2. The third-order valence-corrected chi connectivity index (χ3v) is 2.79. The van der Waals surface area contributed by atoms with Crippen LogP contribution in [0, 0.1) is 17.0 Å². The number of hydrogen-bond acceptors (Lipinski definition) is 5. The summed E-state index contributed by atoms with van der Waals surface area (Å²) in [6, 6.07) is 0.747. The van der Waals surface area contributed by atoms with E-state index in [1.165, 1.54) is 6.92 Å². The molecule has 0 aliphatic carbocycles. The molecule has 10 heteroatoms. The van der Waals surface area contributed by atoms with E-state index in [4.69, 9.17) is 0 Å². The molecule has 0 radical (unpaired) electrons. The first-order chi connectivity index (χ1) is 7.64. The van der Waals surface area contributed by atoms with Gasteiger partial charge in [0.25, 0.3) is 6.43 Å². The largest absolute Gasteiger partial charge is 0.384 e. The second-order valence-corrected chi connectivity index (χ2v) is 4.61. The highest BCUT2D eigenvalue weighted by Gasteiger charge is 2.32. The number of rotatable bonds is 3. The van der Waals surface area contributed by atoms with Gasteiger partial charge >= 0.3 is 5.82 Å². The standard InChI is InChI=1S/C7H7F2N3O4S/c1-3-2-4(6(8)9)5(17(10,15)16)7(11-3)12(13)14/h2,6H,1H3,(H2,10,15,16). The highest BCUT2D eigenvalue weighted by molar-refractivity contribution is 7.89. The second kappa shape index (κ2) is 4.30. The van der Waals surface area contributed by atoms with Crippen LogP contribution in [0.15, 0.2) is 11.0 Å². The molecule has 1 aromatic heterocycles. The Balaban J connectivity index is 3.79. The maximum absolute atomic E-state index is 12.6. The average molecular weight is 267 g/mol. The van der Waals surface area contributed by atoms with Gasteiger partial charge in [-0.25, -0.2) is 22.3 Å². The molecule has 0 aliphatic rings. The molecule has 0 atom stereocenters. The van der Waals surface area contributed by atoms with Crippen LogP contribution in [-0.4, -0.2) is 18.3 Å². The Labute approximate surface area is 94.5 Å². The van der Waals surface area contributed by atoms with Crippen LogP contribution in [0.2, 0.25) is 0 Å². The third kappa shape index (κ3) is 2.71. The topological polar surface area (TPSA) is 116 Å². The number of aromatic nitrogens is 1. The van der Waals surface area contributed by atoms with E-state index in [-0.39, 0.29) is 5.69 Å². The zero-order valence-corrected chi connectivity index (χ0v) is 9.24. The van der Waals surface area contributed by atoms with Gasteiger partial charge in [-0.2, -0.15) is 0 Å². The van der Waals surface area contributed by atoms with Crippen LogP contribution in [0.25, 0.3) is 0 Å². The minimum atomic E-state index is -4.66. The minimum Gasteiger partial charge on any atom is -0.358 e. The molecule has 0 spiro atoms. The number of hydrogen-bond donors (Lipinski definition) is 1. The van der Waals surface area contributed by atoms with Gasteiger partial charge < -0.3 is 10.1 Å². The fraction of sp³-hybridized carbons (Fsp3) is 0.286. The average Bonchev–Trinajstić information content (AvgIpc) is 2.14. The quantitative estimate of drug-likeness (QED) is 0.644. The lowest BCUT2D eigenvalue weighted by Gasteiger charge is -2.07. The van der Waals surface area contributed by atoms with Crippen LogP contribution in [0.1, 0.15) is 17.7 Å². The molecular formula is C7H7F2N3O4S. The van der Waals surface area contributed by atoms with Crippen molar-refractivity contribution in [2.75, 3.05) is 0 Å². The normalized spacial score (nSPS) is 11.8. The van der Waals surface area contributed by atoms with Gasteiger partial charge in [-0.05, 0) is 16.0 Å². The number of nitrogens with two attached hydrogens (primary N) is 1. The van der Waals surface area contributed by atoms with Crippen molar-refractivity contribution < 1.29 is 22.1 Å². The molecule has 1 aromatic rings. The molecule has 2 N–H and O–H groups in total. The van der Waals surface area contributed by atoms with Crippen LogP contribution in [0.4, 0.5) is 14.6 Å². The van der Waals surface area contributed by atoms with Crippen molar-refractivity contribution in [1.82, 2.24) is 4.98 Å². The zero-order chi connectivity index (χ0) is 13.4. The third-order valence-electron chi connectivity index (χ3n) is 1.80. The summed E-state index contributed by atoms with van der Waals surface area (Å²) >= 11 is 0. The number of halogens is 2. The van der Waals surface area contributed by atoms with E-state index in [2.05, 4.69) is 10.1 Å². The predicted octanol–water partition coefficient (Wildman–Crippen LogP) is 0.883. The molecule has 0 bridgehead atoms. The van der Waals surface area contributed by atoms with Gasteiger partial charge in [0, 0.05) is 6.92 Å². The van der Waals surface area contributed by atoms with Crippen molar-refractivity contribution in [3.8, 4) is 0 Å². The SMILES string of the molecule is Cc1cc(C(F)F)c(S(N)(=O)=O)c([N+](=O)[O-])n1. The second-order valence-electron chi connectivity index (χ2n) is 3.11. The number of alkyl halides is 2. The highest BCUT2D eigenvalue weighted by atomic mass is 32.2. The molecule has 1 rings (SSSR count). The Kier molecular flexibility index (Phi) is 3.38. The van der Waals surface area contributed by atoms with E-state index in [1.54, 1.807) is 0 Å². The molecule has 0 unspecified atom stereocenters. The molecule has 7 nitrogen and oxygen atoms in total. The lowest BCUT2D eigenvalue weighted by molar-refractivity contribution is -0.392. The fourth-order valence-corrected chi connectivity index (χ4v) is 2.10. The summed E-state index contributed by atoms with van der Waals surface area (Å²) in [6.07, 6.45) is -3.20. The van der Waals surface area contributed by atoms with Crippen molar-refractivity contribution >= 4 is 15.8 Å². The summed E-state index contributed by atoms with van der Waals surface area (Å²) in [5, 5.41) is 15.3. The lowest BCUT2D eigenvalue weighted by Crippen LogP contribution is -2.18. The van der Waals surface area contributed by atoms with Crippen molar-refractivity contribution in [3.63, 3.8) is 0 Å². The molecule has 0 saturated carbocycles. The van der Waals surface area contributed by atoms with Crippen LogP contribution in [-0.2, 0) is 10.0 Å². The summed E-state index contributed by atoms with van der Waals surface area (Å²) in [7, 11) is -4.66. The summed E-state index contributed by atoms with van der Waals surface area (Å²) in [6.45, 7) is 1.23. The van der Waals surface area contributed by atoms with E-state index in [0.717, 1.165) is 6.07 Å². The summed E-state index contributed by atoms with van der Waals surface area (Å²) in [5.74, 6) is -1.19. The number of primary sulfonamides is 1. The number of nitro groups is 1. The van der Waals surface area contributed by atoms with Gasteiger partial charge in [0.05, 0.1) is 5.56 Å². The molecule has 0 aromatic carbocycles. The molecule has 0 fully saturated rings. The Morgan fingerprint density at radius 2 is 2.06 bits per heavy atom. The van der Waals surface area contributed by atoms with Gasteiger partial charge in [0.2, 0.25) is 10.0 Å². The fourth-order valence-electron chi connectivity index (χ4n) is 1.25. The number of nitrogens with zero attached hydrogens (tertiary/aromatic N) is 2. The van der Waals surface area contributed by atoms with Gasteiger partial charge in [-0.3, -0.25) is 0 Å². The van der Waals surface area contributed by atoms with Crippen LogP contribution < -0.4 is 5.14 Å². The molecular weight excluding hydrogens is 260 g/mol. The number of pyridine rings is 1. The molecule has 17 heavy (non-hydrogen) atoms. The Bertz CT molecular complexity index is 573. The van der Waals surface area contributed by atoms with Crippen molar-refractivity contribution in [2.24, 2.45) is 5.14 Å². The van der Waals surface area contributed by atoms with Gasteiger partial charge in [-0.15, -0.1) is 0 Å². The van der Waals surface area contributed by atoms with E-state index in [9.17, 15) is 27.3 Å². The Morgan fingerprint density at radius 3 is 2.41 bits per heavy atom. The summed E-state index contributed by atoms with van der Waals surface area (Å²) in [5.41, 5.74) is -1.12. The molecule has 1 heterocycles. The Morgan fingerprint density at radius 1 is 1.53 bits per heavy atom. The number of sulfonamides is 1. The first-order valence-electron chi connectivity index (χ1n) is 4.11. The highest BCUT2D eigenvalue weighted by Crippen LogP contribution is 2.32. The van der Waals surface area contributed by atoms with Gasteiger partial charge in [-0.1, -0.05) is 0 Å². The summed E-state index contributed by atoms with van der Waals surface area (Å²) < 4.78 is 47.4. The molecule has 0 amide bonds. The number of aryl methyl sites for hydroxylation is 1. The minimum absolute atomic E-state index is 0.0978. The van der Waals surface area contributed by atoms with Crippen LogP contribution >= 0.6 is 0 Å². The van der Waals surface area contributed by atoms with Gasteiger partial charge in [0.15, 0.2) is 10.6 Å². The van der Waals surface area contributed by atoms with Crippen molar-refractivity contribution in [3.05, 3.63) is 27.4 Å². The van der Waals surface area contributed by atoms with Crippen molar-refractivity contribution in [1.29, 1.82) is 0 Å².